The Morgan fingerprint density at radius 3 is 2.33 bits per heavy atom. The van der Waals surface area contributed by atoms with Crippen LogP contribution >= 0.6 is 0 Å². The molecule has 0 aliphatic carbocycles. The van der Waals surface area contributed by atoms with Crippen molar-refractivity contribution < 1.29 is 8.42 Å². The van der Waals surface area contributed by atoms with Gasteiger partial charge in [-0.25, -0.2) is 8.42 Å². The lowest BCUT2D eigenvalue weighted by Gasteiger charge is -2.34. The Labute approximate surface area is 174 Å². The topological polar surface area (TPSA) is 115 Å². The van der Waals surface area contributed by atoms with Crippen LogP contribution in [0.15, 0.2) is 65.8 Å². The Morgan fingerprint density at radius 1 is 0.967 bits per heavy atom. The van der Waals surface area contributed by atoms with Gasteiger partial charge in [0.15, 0.2) is 11.6 Å². The van der Waals surface area contributed by atoms with E-state index in [1.165, 1.54) is 28.6 Å². The van der Waals surface area contributed by atoms with Crippen molar-refractivity contribution in [3.05, 3.63) is 66.5 Å². The van der Waals surface area contributed by atoms with Crippen molar-refractivity contribution >= 4 is 27.3 Å². The summed E-state index contributed by atoms with van der Waals surface area (Å²) in [6.45, 7) is 1.72. The van der Waals surface area contributed by atoms with E-state index in [1.807, 2.05) is 35.2 Å². The minimum atomic E-state index is -3.59. The number of hydrogen-bond acceptors (Lipinski definition) is 8. The highest BCUT2D eigenvalue weighted by atomic mass is 32.2. The predicted octanol–water partition coefficient (Wildman–Crippen LogP) is 2.00. The Bertz CT molecular complexity index is 1140. The van der Waals surface area contributed by atoms with Gasteiger partial charge in [0.1, 0.15) is 0 Å². The van der Waals surface area contributed by atoms with Crippen molar-refractivity contribution in [1.82, 2.24) is 19.5 Å². The first-order chi connectivity index (χ1) is 14.6. The molecule has 2 aromatic heterocycles. The number of benzene rings is 1. The molecule has 1 N–H and O–H groups in total. The predicted molar refractivity (Wildman–Crippen MR) is 112 cm³/mol. The molecule has 1 aliphatic rings. The normalized spacial score (nSPS) is 14.8. The summed E-state index contributed by atoms with van der Waals surface area (Å²) >= 11 is 0. The van der Waals surface area contributed by atoms with Crippen LogP contribution in [0.1, 0.15) is 5.56 Å². The standard InChI is InChI=1S/C20H19N7O2S/c21-14-16-3-5-18(6-4-16)30(28,29)27-12-10-26(11-13-27)20-8-7-19(24-25-20)23-17-2-1-9-22-15-17/h1-9,15H,10-13H2,(H,23,24). The monoisotopic (exact) mass is 421 g/mol. The van der Waals surface area contributed by atoms with Gasteiger partial charge in [-0.05, 0) is 48.5 Å². The van der Waals surface area contributed by atoms with E-state index in [4.69, 9.17) is 5.26 Å². The molecule has 10 heteroatoms. The van der Waals surface area contributed by atoms with Crippen LogP contribution in [0.3, 0.4) is 0 Å². The Kier molecular flexibility index (Phi) is 5.56. The van der Waals surface area contributed by atoms with E-state index < -0.39 is 10.0 Å². The molecule has 4 rings (SSSR count). The van der Waals surface area contributed by atoms with Crippen molar-refractivity contribution in [2.75, 3.05) is 36.4 Å². The molecule has 0 radical (unpaired) electrons. The van der Waals surface area contributed by atoms with Gasteiger partial charge < -0.3 is 10.2 Å². The minimum absolute atomic E-state index is 0.195. The van der Waals surface area contributed by atoms with E-state index in [-0.39, 0.29) is 4.90 Å². The molecule has 30 heavy (non-hydrogen) atoms. The summed E-state index contributed by atoms with van der Waals surface area (Å²) in [6, 6.07) is 15.4. The third-order valence-corrected chi connectivity index (χ3v) is 6.68. The molecule has 1 saturated heterocycles. The average molecular weight is 421 g/mol. The Hall–Kier alpha value is -3.55. The fourth-order valence-electron chi connectivity index (χ4n) is 3.15. The number of piperazine rings is 1. The first kappa shape index (κ1) is 19.8. The first-order valence-electron chi connectivity index (χ1n) is 9.32. The number of hydrogen-bond donors (Lipinski definition) is 1. The summed E-state index contributed by atoms with van der Waals surface area (Å²) in [5.74, 6) is 1.30. The number of sulfonamides is 1. The molecule has 0 amide bonds. The van der Waals surface area contributed by atoms with Crippen LogP contribution in [-0.2, 0) is 10.0 Å². The lowest BCUT2D eigenvalue weighted by Crippen LogP contribution is -2.49. The number of rotatable bonds is 5. The fraction of sp³-hybridized carbons (Fsp3) is 0.200. The zero-order valence-corrected chi connectivity index (χ0v) is 16.8. The lowest BCUT2D eigenvalue weighted by atomic mass is 10.2. The van der Waals surface area contributed by atoms with Crippen molar-refractivity contribution in [3.8, 4) is 6.07 Å². The van der Waals surface area contributed by atoms with E-state index >= 15 is 0 Å². The highest BCUT2D eigenvalue weighted by Crippen LogP contribution is 2.21. The summed E-state index contributed by atoms with van der Waals surface area (Å²) in [5.41, 5.74) is 1.25. The maximum Gasteiger partial charge on any atom is 0.243 e. The average Bonchev–Trinajstić information content (AvgIpc) is 2.80. The maximum absolute atomic E-state index is 12.8. The maximum atomic E-state index is 12.8. The largest absolute Gasteiger partial charge is 0.352 e. The van der Waals surface area contributed by atoms with E-state index in [0.29, 0.717) is 43.4 Å². The molecule has 0 spiro atoms. The molecule has 0 saturated carbocycles. The molecule has 0 bridgehead atoms. The van der Waals surface area contributed by atoms with Crippen LogP contribution in [0.4, 0.5) is 17.3 Å². The second kappa shape index (κ2) is 8.44. The van der Waals surface area contributed by atoms with Gasteiger partial charge in [-0.2, -0.15) is 9.57 Å². The highest BCUT2D eigenvalue weighted by molar-refractivity contribution is 7.89. The first-order valence-corrected chi connectivity index (χ1v) is 10.8. The zero-order chi connectivity index (χ0) is 21.0. The summed E-state index contributed by atoms with van der Waals surface area (Å²) in [4.78, 5) is 6.24. The smallest absolute Gasteiger partial charge is 0.243 e. The van der Waals surface area contributed by atoms with Crippen LogP contribution in [0.5, 0.6) is 0 Å². The zero-order valence-electron chi connectivity index (χ0n) is 16.0. The number of aromatic nitrogens is 3. The van der Waals surface area contributed by atoms with Crippen LogP contribution in [0, 0.1) is 11.3 Å². The molecule has 152 valence electrons. The number of nitrogens with zero attached hydrogens (tertiary/aromatic N) is 6. The van der Waals surface area contributed by atoms with Gasteiger partial charge in [0.05, 0.1) is 28.4 Å². The van der Waals surface area contributed by atoms with Crippen molar-refractivity contribution in [2.24, 2.45) is 0 Å². The fourth-order valence-corrected chi connectivity index (χ4v) is 4.58. The molecule has 1 aliphatic heterocycles. The van der Waals surface area contributed by atoms with Gasteiger partial charge in [0, 0.05) is 32.4 Å². The number of anilines is 3. The summed E-state index contributed by atoms with van der Waals surface area (Å²) in [7, 11) is -3.59. The number of nitriles is 1. The Morgan fingerprint density at radius 2 is 1.73 bits per heavy atom. The summed E-state index contributed by atoms with van der Waals surface area (Å²) in [6.07, 6.45) is 3.39. The summed E-state index contributed by atoms with van der Waals surface area (Å²) < 4.78 is 27.1. The van der Waals surface area contributed by atoms with E-state index in [9.17, 15) is 8.42 Å². The number of nitrogens with one attached hydrogen (secondary N) is 1. The van der Waals surface area contributed by atoms with E-state index in [1.54, 1.807) is 12.4 Å². The molecule has 3 aromatic rings. The molecule has 9 nitrogen and oxygen atoms in total. The van der Waals surface area contributed by atoms with Gasteiger partial charge in [0.25, 0.3) is 0 Å². The molecule has 0 unspecified atom stereocenters. The lowest BCUT2D eigenvalue weighted by molar-refractivity contribution is 0.383. The van der Waals surface area contributed by atoms with Gasteiger partial charge in [-0.15, -0.1) is 10.2 Å². The van der Waals surface area contributed by atoms with Gasteiger partial charge in [0.2, 0.25) is 10.0 Å². The van der Waals surface area contributed by atoms with Crippen LogP contribution in [-0.4, -0.2) is 54.1 Å². The third kappa shape index (κ3) is 4.22. The second-order valence-corrected chi connectivity index (χ2v) is 8.61. The SMILES string of the molecule is N#Cc1ccc(S(=O)(=O)N2CCN(c3ccc(Nc4cccnc4)nn3)CC2)cc1. The third-order valence-electron chi connectivity index (χ3n) is 4.77. The molecule has 1 fully saturated rings. The molecular weight excluding hydrogens is 402 g/mol. The number of pyridine rings is 1. The van der Waals surface area contributed by atoms with Crippen molar-refractivity contribution in [2.45, 2.75) is 4.90 Å². The van der Waals surface area contributed by atoms with Crippen LogP contribution in [0.25, 0.3) is 0 Å². The molecular formula is C20H19N7O2S. The van der Waals surface area contributed by atoms with Gasteiger partial charge in [-0.3, -0.25) is 4.98 Å². The molecule has 0 atom stereocenters. The molecule has 3 heterocycles. The summed E-state index contributed by atoms with van der Waals surface area (Å²) in [5, 5.41) is 20.4. The minimum Gasteiger partial charge on any atom is -0.352 e. The Balaban J connectivity index is 1.38. The van der Waals surface area contributed by atoms with Crippen LogP contribution < -0.4 is 10.2 Å². The van der Waals surface area contributed by atoms with E-state index in [0.717, 1.165) is 5.69 Å². The van der Waals surface area contributed by atoms with Crippen LogP contribution in [0.2, 0.25) is 0 Å². The van der Waals surface area contributed by atoms with Crippen molar-refractivity contribution in [1.29, 1.82) is 5.26 Å². The quantitative estimate of drug-likeness (QED) is 0.665. The second-order valence-electron chi connectivity index (χ2n) is 6.67. The van der Waals surface area contributed by atoms with Crippen molar-refractivity contribution in [3.63, 3.8) is 0 Å². The van der Waals surface area contributed by atoms with Gasteiger partial charge >= 0.3 is 0 Å². The van der Waals surface area contributed by atoms with E-state index in [2.05, 4.69) is 20.5 Å². The molecule has 1 aromatic carbocycles. The van der Waals surface area contributed by atoms with Gasteiger partial charge in [-0.1, -0.05) is 0 Å². The highest BCUT2D eigenvalue weighted by Gasteiger charge is 2.29.